The van der Waals surface area contributed by atoms with Crippen molar-refractivity contribution in [2.75, 3.05) is 52.6 Å². The van der Waals surface area contributed by atoms with Gasteiger partial charge in [0.25, 0.3) is 25.6 Å². The molecule has 2 aliphatic rings. The Balaban J connectivity index is 1.14. The monoisotopic (exact) mass is 1320 g/mol. The van der Waals surface area contributed by atoms with Crippen molar-refractivity contribution >= 4 is 49.6 Å². The van der Waals surface area contributed by atoms with Gasteiger partial charge in [0.15, 0.2) is 12.5 Å². The topological polar surface area (TPSA) is 340 Å². The first-order valence-electron chi connectivity index (χ1n) is 30.4. The van der Waals surface area contributed by atoms with Crippen LogP contribution in [0.2, 0.25) is 0 Å². The van der Waals surface area contributed by atoms with Crippen LogP contribution >= 0.6 is 8.53 Å². The van der Waals surface area contributed by atoms with E-state index in [4.69, 9.17) is 52.2 Å². The van der Waals surface area contributed by atoms with Gasteiger partial charge in [-0.05, 0) is 91.8 Å². The summed E-state index contributed by atoms with van der Waals surface area (Å²) in [4.78, 5) is 70.6. The van der Waals surface area contributed by atoms with Crippen LogP contribution in [0.5, 0.6) is 11.5 Å². The van der Waals surface area contributed by atoms with Crippen LogP contribution in [0.15, 0.2) is 163 Å². The molecule has 0 spiro atoms. The Bertz CT molecular complexity index is 3750. The average molecular weight is 1320 g/mol. The number of nitrogens with one attached hydrogen (secondary N) is 3. The zero-order chi connectivity index (χ0) is 67.6. The zero-order valence-corrected chi connectivity index (χ0v) is 53.8. The molecule has 0 aliphatic carbocycles. The molecular weight excluding hydrogens is 1250 g/mol. The van der Waals surface area contributed by atoms with Crippen molar-refractivity contribution in [3.8, 4) is 17.6 Å². The maximum atomic E-state index is 14.7. The predicted octanol–water partition coefficient (Wildman–Crippen LogP) is 11.5. The van der Waals surface area contributed by atoms with Crippen molar-refractivity contribution in [3.63, 3.8) is 0 Å². The molecule has 1 fully saturated rings. The lowest BCUT2D eigenvalue weighted by Crippen LogP contribution is -2.49. The Hall–Kier alpha value is -9.98. The molecule has 0 bridgehead atoms. The van der Waals surface area contributed by atoms with E-state index in [1.165, 1.54) is 42.7 Å². The maximum Gasteiger partial charge on any atom is 0.413 e. The Labute approximate surface area is 548 Å². The van der Waals surface area contributed by atoms with E-state index >= 15 is 0 Å². The first kappa shape index (κ1) is 69.4. The maximum absolute atomic E-state index is 14.7. The normalized spacial score (nSPS) is 17.0. The molecule has 0 radical (unpaired) electrons. The Morgan fingerprint density at radius 3 is 1.67 bits per heavy atom. The van der Waals surface area contributed by atoms with E-state index in [9.17, 15) is 45.2 Å². The minimum Gasteiger partial charge on any atom is -0.497 e. The third-order valence-electron chi connectivity index (χ3n) is 15.5. The summed E-state index contributed by atoms with van der Waals surface area (Å²) in [5, 5.41) is 52.9. The van der Waals surface area contributed by atoms with Crippen molar-refractivity contribution in [1.82, 2.24) is 24.9 Å². The molecule has 3 N–H and O–H groups in total. The third kappa shape index (κ3) is 17.4. The molecule has 1 saturated heterocycles. The minimum absolute atomic E-state index is 0.000497. The summed E-state index contributed by atoms with van der Waals surface area (Å²) in [7, 11) is 1.02. The molecule has 95 heavy (non-hydrogen) atoms. The number of fused-ring (bicyclic) bond motifs is 1. The van der Waals surface area contributed by atoms with Crippen LogP contribution in [0, 0.1) is 41.7 Å². The smallest absolute Gasteiger partial charge is 0.413 e. The number of carbonyl (C=O) groups is 2. The minimum atomic E-state index is -2.12. The molecule has 6 aromatic carbocycles. The number of hydrogen-bond acceptors (Lipinski definition) is 22. The summed E-state index contributed by atoms with van der Waals surface area (Å²) >= 11 is 0. The molecule has 2 unspecified atom stereocenters. The standard InChI is InChI=1S/C66H72N11O17P/c1-43(2)74(44(3)4)95(92-37-10-36-67)94-59-56(41-91-66(48-11-8-7-9-12-48,49-19-29-54(86-5)30-20-49)50-21-31-55(87-6)32-22-50)93-62(57(59)69-64(78)89-39-34-46-15-25-52(26-16-46)76(82)83)73-42-68-58-60(73)70-63(71-61(58)88-38-33-45-13-23-51(24-14-45)75(80)81)72-65(79)90-40-35-47-17-27-53(28-18-47)77(84)85/h7-9,11-32,42-44,56-57,59,61-62H,10,33-35,37-41H2,1-6H3,(H,69,78)(H2,70,71,72,79)/t56-,57+,59-,61?,62-,95?/m1/s1. The molecule has 1 aromatic heterocycles. The number of anilines is 1. The quantitative estimate of drug-likeness (QED) is 0.0119. The number of nitrogens with zero attached hydrogens (tertiary/aromatic N) is 8. The summed E-state index contributed by atoms with van der Waals surface area (Å²) in [5.41, 5.74) is 2.63. The van der Waals surface area contributed by atoms with Crippen LogP contribution in [-0.2, 0) is 57.6 Å². The van der Waals surface area contributed by atoms with Gasteiger partial charge in [0.2, 0.25) is 5.96 Å². The van der Waals surface area contributed by atoms with Gasteiger partial charge in [-0.1, -0.05) is 91.0 Å². The summed E-state index contributed by atoms with van der Waals surface area (Å²) in [5.74, 6) is 1.19. The fourth-order valence-electron chi connectivity index (χ4n) is 10.9. The van der Waals surface area contributed by atoms with E-state index < -0.39 is 71.8 Å². The van der Waals surface area contributed by atoms with E-state index in [1.54, 1.807) is 55.2 Å². The lowest BCUT2D eigenvalue weighted by atomic mass is 9.80. The Kier molecular flexibility index (Phi) is 23.9. The number of benzene rings is 6. The first-order chi connectivity index (χ1) is 45.9. The number of nitriles is 1. The van der Waals surface area contributed by atoms with Crippen molar-refractivity contribution in [3.05, 3.63) is 227 Å². The van der Waals surface area contributed by atoms with Crippen LogP contribution in [0.3, 0.4) is 0 Å². The molecule has 498 valence electrons. The second kappa shape index (κ2) is 32.7. The van der Waals surface area contributed by atoms with E-state index in [0.29, 0.717) is 39.3 Å². The van der Waals surface area contributed by atoms with Gasteiger partial charge in [-0.15, -0.1) is 0 Å². The van der Waals surface area contributed by atoms with Crippen LogP contribution in [0.1, 0.15) is 85.6 Å². The summed E-state index contributed by atoms with van der Waals surface area (Å²) < 4.78 is 61.6. The zero-order valence-electron chi connectivity index (χ0n) is 52.9. The molecule has 2 amide bonds. The number of methoxy groups -OCH3 is 2. The van der Waals surface area contributed by atoms with E-state index in [1.807, 2.05) is 111 Å². The number of hydrogen-bond donors (Lipinski definition) is 3. The lowest BCUT2D eigenvalue weighted by Gasteiger charge is -2.39. The number of rotatable bonds is 31. The highest BCUT2D eigenvalue weighted by molar-refractivity contribution is 7.44. The molecule has 6 atom stereocenters. The van der Waals surface area contributed by atoms with Gasteiger partial charge in [-0.3, -0.25) is 40.2 Å². The number of aromatic nitrogens is 2. The number of nitro benzene ring substituents is 3. The van der Waals surface area contributed by atoms with Crippen molar-refractivity contribution in [1.29, 1.82) is 5.26 Å². The largest absolute Gasteiger partial charge is 0.497 e. The third-order valence-corrected chi connectivity index (χ3v) is 17.7. The highest BCUT2D eigenvalue weighted by Crippen LogP contribution is 2.52. The summed E-state index contributed by atoms with van der Waals surface area (Å²) in [6, 6.07) is 42.7. The number of amides is 2. The van der Waals surface area contributed by atoms with Crippen LogP contribution in [-0.4, -0.2) is 125 Å². The number of alkyl carbamates (subject to hydrolysis) is 2. The molecule has 9 rings (SSSR count). The predicted molar refractivity (Wildman–Crippen MR) is 347 cm³/mol. The fourth-order valence-corrected chi connectivity index (χ4v) is 12.7. The van der Waals surface area contributed by atoms with Crippen LogP contribution in [0.25, 0.3) is 0 Å². The molecule has 3 heterocycles. The molecule has 29 heteroatoms. The van der Waals surface area contributed by atoms with E-state index in [0.717, 1.165) is 5.56 Å². The van der Waals surface area contributed by atoms with E-state index in [2.05, 4.69) is 22.0 Å². The summed E-state index contributed by atoms with van der Waals surface area (Å²) in [6.07, 6.45) is -4.65. The molecule has 0 saturated carbocycles. The van der Waals surface area contributed by atoms with Gasteiger partial charge < -0.3 is 52.8 Å². The number of imidazole rings is 1. The van der Waals surface area contributed by atoms with Gasteiger partial charge in [-0.25, -0.2) is 24.2 Å². The molecule has 28 nitrogen and oxygen atoms in total. The van der Waals surface area contributed by atoms with Gasteiger partial charge >= 0.3 is 12.2 Å². The fraction of sp³-hybridized carbons (Fsp3) is 0.348. The highest BCUT2D eigenvalue weighted by Gasteiger charge is 2.52. The summed E-state index contributed by atoms with van der Waals surface area (Å²) in [6.45, 7) is 7.31. The Morgan fingerprint density at radius 1 is 0.695 bits per heavy atom. The van der Waals surface area contributed by atoms with Gasteiger partial charge in [0.05, 0.1) is 80.8 Å². The first-order valence-corrected chi connectivity index (χ1v) is 31.5. The molecular formula is C66H72N11O17P. The van der Waals surface area contributed by atoms with Crippen LogP contribution < -0.4 is 25.4 Å². The second-order valence-corrected chi connectivity index (χ2v) is 23.7. The van der Waals surface area contributed by atoms with Crippen molar-refractivity contribution in [2.24, 2.45) is 4.99 Å². The van der Waals surface area contributed by atoms with Gasteiger partial charge in [0.1, 0.15) is 46.9 Å². The number of aliphatic imine (C=N–C) groups is 1. The van der Waals surface area contributed by atoms with E-state index in [-0.39, 0.29) is 105 Å². The van der Waals surface area contributed by atoms with Crippen molar-refractivity contribution in [2.45, 2.75) is 102 Å². The number of non-ortho nitro benzene ring substituents is 3. The number of ether oxygens (including phenoxy) is 7. The van der Waals surface area contributed by atoms with Gasteiger partial charge in [-0.2, -0.15) is 5.26 Å². The number of nitro groups is 3. The second-order valence-electron chi connectivity index (χ2n) is 22.3. The Morgan fingerprint density at radius 2 is 1.19 bits per heavy atom. The SMILES string of the molecule is COc1ccc(C(OC[C@H]2O[C@@H](n3cnc4c3NC(NC(=O)OCCc3ccc([N+](=O)[O-])cc3)=NC4OCCc3ccc([N+](=O)[O-])cc3)[C@@H](NC(=O)OCCc3ccc([N+](=O)[O-])cc3)[C@@H]2OP(OCCC#N)N(C(C)C)C(C)C)(c2ccccc2)c2ccc(OC)cc2)cc1. The number of carbonyl (C=O) groups excluding carboxylic acids is 2. The highest BCUT2D eigenvalue weighted by atomic mass is 31.2. The van der Waals surface area contributed by atoms with Crippen molar-refractivity contribution < 1.29 is 66.6 Å². The number of guanidine groups is 1. The van der Waals surface area contributed by atoms with Crippen LogP contribution in [0.4, 0.5) is 32.5 Å². The molecule has 7 aromatic rings. The molecule has 2 aliphatic heterocycles. The average Bonchev–Trinajstić information content (AvgIpc) is 1.73. The lowest BCUT2D eigenvalue weighted by molar-refractivity contribution is -0.385. The van der Waals surface area contributed by atoms with Gasteiger partial charge in [0, 0.05) is 61.3 Å².